The van der Waals surface area contributed by atoms with Crippen LogP contribution in [0.4, 0.5) is 14.9 Å². The molecule has 16 heavy (non-hydrogen) atoms. The highest BCUT2D eigenvalue weighted by Crippen LogP contribution is 2.24. The summed E-state index contributed by atoms with van der Waals surface area (Å²) in [7, 11) is 0. The molecule has 0 saturated heterocycles. The summed E-state index contributed by atoms with van der Waals surface area (Å²) in [6.07, 6.45) is -1.31. The lowest BCUT2D eigenvalue weighted by Crippen LogP contribution is -2.23. The van der Waals surface area contributed by atoms with Crippen molar-refractivity contribution in [2.24, 2.45) is 0 Å². The fraction of sp³-hybridized carbons (Fsp3) is 0.364. The van der Waals surface area contributed by atoms with E-state index < -0.39 is 17.5 Å². The molecule has 0 atom stereocenters. The van der Waals surface area contributed by atoms with Crippen LogP contribution in [0, 0.1) is 5.82 Å². The summed E-state index contributed by atoms with van der Waals surface area (Å²) in [6, 6.07) is 3.93. The summed E-state index contributed by atoms with van der Waals surface area (Å²) >= 11 is 0. The van der Waals surface area contributed by atoms with E-state index in [4.69, 9.17) is 9.84 Å². The average molecular weight is 227 g/mol. The van der Waals surface area contributed by atoms with Gasteiger partial charge in [0.2, 0.25) is 0 Å². The zero-order valence-electron chi connectivity index (χ0n) is 9.37. The van der Waals surface area contributed by atoms with Crippen LogP contribution in [0.5, 0.6) is 5.75 Å². The number of hydrogen-bond acceptors (Lipinski definition) is 2. The van der Waals surface area contributed by atoms with Crippen LogP contribution in [0.3, 0.4) is 0 Å². The molecule has 1 rings (SSSR count). The van der Waals surface area contributed by atoms with Gasteiger partial charge in [-0.2, -0.15) is 0 Å². The molecule has 4 nitrogen and oxygen atoms in total. The van der Waals surface area contributed by atoms with Crippen molar-refractivity contribution in [3.63, 3.8) is 0 Å². The van der Waals surface area contributed by atoms with E-state index in [-0.39, 0.29) is 5.69 Å². The lowest BCUT2D eigenvalue weighted by Gasteiger charge is -2.21. The molecule has 0 aromatic heterocycles. The monoisotopic (exact) mass is 227 g/mol. The molecule has 0 spiro atoms. The molecule has 0 aliphatic carbocycles. The topological polar surface area (TPSA) is 58.6 Å². The lowest BCUT2D eigenvalue weighted by atomic mass is 10.2. The molecule has 88 valence electrons. The number of ether oxygens (including phenoxy) is 1. The van der Waals surface area contributed by atoms with Crippen molar-refractivity contribution in [2.75, 3.05) is 5.32 Å². The molecule has 0 fully saturated rings. The number of benzene rings is 1. The van der Waals surface area contributed by atoms with E-state index >= 15 is 0 Å². The third-order valence-electron chi connectivity index (χ3n) is 1.60. The van der Waals surface area contributed by atoms with Crippen LogP contribution in [0.25, 0.3) is 0 Å². The predicted molar refractivity (Wildman–Crippen MR) is 58.4 cm³/mol. The van der Waals surface area contributed by atoms with Crippen molar-refractivity contribution in [2.45, 2.75) is 26.4 Å². The van der Waals surface area contributed by atoms with Gasteiger partial charge in [0, 0.05) is 6.07 Å². The first-order valence-corrected chi connectivity index (χ1v) is 4.76. The van der Waals surface area contributed by atoms with Crippen molar-refractivity contribution in [3.05, 3.63) is 24.0 Å². The minimum Gasteiger partial charge on any atom is -0.488 e. The number of carboxylic acid groups (broad SMARTS) is 1. The van der Waals surface area contributed by atoms with Crippen LogP contribution in [0.15, 0.2) is 18.2 Å². The fourth-order valence-corrected chi connectivity index (χ4v) is 1.13. The molecule has 2 N–H and O–H groups in total. The number of halogens is 1. The minimum atomic E-state index is -1.31. The van der Waals surface area contributed by atoms with Crippen molar-refractivity contribution in [1.82, 2.24) is 0 Å². The van der Waals surface area contributed by atoms with Gasteiger partial charge in [-0.15, -0.1) is 0 Å². The summed E-state index contributed by atoms with van der Waals surface area (Å²) in [5, 5.41) is 10.5. The van der Waals surface area contributed by atoms with Gasteiger partial charge < -0.3 is 9.84 Å². The lowest BCUT2D eigenvalue weighted by molar-refractivity contribution is 0.131. The van der Waals surface area contributed by atoms with E-state index in [0.717, 1.165) is 6.07 Å². The molecular weight excluding hydrogens is 213 g/mol. The smallest absolute Gasteiger partial charge is 0.409 e. The third-order valence-corrected chi connectivity index (χ3v) is 1.60. The van der Waals surface area contributed by atoms with E-state index in [1.807, 2.05) is 26.1 Å². The maximum absolute atomic E-state index is 13.2. The van der Waals surface area contributed by atoms with E-state index in [0.29, 0.717) is 5.75 Å². The van der Waals surface area contributed by atoms with Crippen LogP contribution in [-0.4, -0.2) is 16.8 Å². The molecule has 0 bridgehead atoms. The van der Waals surface area contributed by atoms with Gasteiger partial charge in [0.15, 0.2) is 0 Å². The van der Waals surface area contributed by atoms with E-state index in [9.17, 15) is 9.18 Å². The van der Waals surface area contributed by atoms with E-state index in [1.54, 1.807) is 0 Å². The second-order valence-corrected chi connectivity index (χ2v) is 4.29. The second-order valence-electron chi connectivity index (χ2n) is 4.29. The third kappa shape index (κ3) is 3.76. The standard InChI is InChI=1S/C11H14FNO3/c1-11(2,3)16-7-4-5-8(12)9(6-7)13-10(14)15/h4-6,13H,1-3H3,(H,14,15). The van der Waals surface area contributed by atoms with Crippen molar-refractivity contribution < 1.29 is 19.0 Å². The zero-order valence-corrected chi connectivity index (χ0v) is 9.37. The molecule has 0 aliphatic rings. The van der Waals surface area contributed by atoms with Crippen molar-refractivity contribution in [3.8, 4) is 5.75 Å². The summed E-state index contributed by atoms with van der Waals surface area (Å²) < 4.78 is 18.7. The Bertz CT molecular complexity index is 399. The molecule has 0 heterocycles. The second kappa shape index (κ2) is 4.38. The van der Waals surface area contributed by atoms with Gasteiger partial charge in [-0.25, -0.2) is 9.18 Å². The highest BCUT2D eigenvalue weighted by Gasteiger charge is 2.13. The van der Waals surface area contributed by atoms with Crippen LogP contribution in [-0.2, 0) is 0 Å². The highest BCUT2D eigenvalue weighted by atomic mass is 19.1. The number of rotatable bonds is 2. The molecule has 1 amide bonds. The number of hydrogen-bond donors (Lipinski definition) is 2. The van der Waals surface area contributed by atoms with E-state index in [1.165, 1.54) is 12.1 Å². The molecule has 1 aromatic carbocycles. The molecule has 5 heteroatoms. The predicted octanol–water partition coefficient (Wildman–Crippen LogP) is 3.09. The molecule has 0 unspecified atom stereocenters. The molecule has 0 aliphatic heterocycles. The molecular formula is C11H14FNO3. The Morgan fingerprint density at radius 2 is 2.06 bits per heavy atom. The van der Waals surface area contributed by atoms with Gasteiger partial charge in [0.05, 0.1) is 5.69 Å². The maximum Gasteiger partial charge on any atom is 0.409 e. The van der Waals surface area contributed by atoms with Crippen molar-refractivity contribution >= 4 is 11.8 Å². The number of amides is 1. The Morgan fingerprint density at radius 1 is 1.44 bits per heavy atom. The summed E-state index contributed by atoms with van der Waals surface area (Å²) in [5.74, 6) is -0.221. The first-order valence-electron chi connectivity index (χ1n) is 4.76. The van der Waals surface area contributed by atoms with Crippen molar-refractivity contribution in [1.29, 1.82) is 0 Å². The van der Waals surface area contributed by atoms with Gasteiger partial charge in [0.1, 0.15) is 17.2 Å². The number of carbonyl (C=O) groups is 1. The SMILES string of the molecule is CC(C)(C)Oc1ccc(F)c(NC(=O)O)c1. The number of nitrogens with one attached hydrogen (secondary N) is 1. The minimum absolute atomic E-state index is 0.116. The Labute approximate surface area is 93.0 Å². The summed E-state index contributed by atoms with van der Waals surface area (Å²) in [5.41, 5.74) is -0.535. The van der Waals surface area contributed by atoms with Crippen LogP contribution < -0.4 is 10.1 Å². The highest BCUT2D eigenvalue weighted by molar-refractivity contribution is 5.83. The Hall–Kier alpha value is -1.78. The van der Waals surface area contributed by atoms with Gasteiger partial charge in [-0.05, 0) is 32.9 Å². The van der Waals surface area contributed by atoms with Crippen LogP contribution in [0.1, 0.15) is 20.8 Å². The Kier molecular flexibility index (Phi) is 3.37. The van der Waals surface area contributed by atoms with Crippen LogP contribution in [0.2, 0.25) is 0 Å². The molecule has 1 aromatic rings. The largest absolute Gasteiger partial charge is 0.488 e. The summed E-state index contributed by atoms with van der Waals surface area (Å²) in [6.45, 7) is 5.54. The fourth-order valence-electron chi connectivity index (χ4n) is 1.13. The average Bonchev–Trinajstić information content (AvgIpc) is 2.07. The Morgan fingerprint density at radius 3 is 2.56 bits per heavy atom. The van der Waals surface area contributed by atoms with Gasteiger partial charge in [0.25, 0.3) is 0 Å². The van der Waals surface area contributed by atoms with Crippen LogP contribution >= 0.6 is 0 Å². The van der Waals surface area contributed by atoms with E-state index in [2.05, 4.69) is 0 Å². The zero-order chi connectivity index (χ0) is 12.3. The first-order chi connectivity index (χ1) is 7.28. The summed E-state index contributed by atoms with van der Waals surface area (Å²) in [4.78, 5) is 10.4. The molecule has 0 radical (unpaired) electrons. The van der Waals surface area contributed by atoms with Gasteiger partial charge in [-0.1, -0.05) is 0 Å². The maximum atomic E-state index is 13.2. The molecule has 0 saturated carbocycles. The van der Waals surface area contributed by atoms with Gasteiger partial charge in [-0.3, -0.25) is 5.32 Å². The quantitative estimate of drug-likeness (QED) is 0.816. The van der Waals surface area contributed by atoms with Gasteiger partial charge >= 0.3 is 6.09 Å². The Balaban J connectivity index is 2.93. The first kappa shape index (κ1) is 12.3. The number of anilines is 1. The normalized spacial score (nSPS) is 11.0.